The molecule has 0 bridgehead atoms. The number of nitrogen functional groups attached to an aromatic ring is 1. The minimum atomic E-state index is -0.528. The van der Waals surface area contributed by atoms with Crippen LogP contribution in [0.2, 0.25) is 0 Å². The molecule has 21 heavy (non-hydrogen) atoms. The first-order valence-electron chi connectivity index (χ1n) is 6.66. The fourth-order valence-corrected chi connectivity index (χ4v) is 3.02. The number of carbonyl (C=O) groups is 1. The summed E-state index contributed by atoms with van der Waals surface area (Å²) >= 11 is 0. The smallest absolute Gasteiger partial charge is 0.259 e. The van der Waals surface area contributed by atoms with Crippen LogP contribution >= 0.6 is 0 Å². The van der Waals surface area contributed by atoms with E-state index in [0.29, 0.717) is 34.6 Å². The van der Waals surface area contributed by atoms with E-state index < -0.39 is 5.41 Å². The fourth-order valence-electron chi connectivity index (χ4n) is 3.02. The molecular weight excluding hydrogens is 271 g/mol. The Kier molecular flexibility index (Phi) is 2.15. The number of amides is 1. The Bertz CT molecular complexity index is 864. The van der Waals surface area contributed by atoms with Crippen LogP contribution in [0.1, 0.15) is 29.4 Å². The van der Waals surface area contributed by atoms with Crippen LogP contribution in [-0.4, -0.2) is 15.5 Å². The normalized spacial score (nSPS) is 24.0. The van der Waals surface area contributed by atoms with Gasteiger partial charge in [0.15, 0.2) is 0 Å². The second kappa shape index (κ2) is 3.72. The highest BCUT2D eigenvalue weighted by Gasteiger charge is 2.44. The first-order chi connectivity index (χ1) is 9.99. The first kappa shape index (κ1) is 12.1. The van der Waals surface area contributed by atoms with Crippen molar-refractivity contribution >= 4 is 17.1 Å². The van der Waals surface area contributed by atoms with Crippen molar-refractivity contribution in [1.29, 1.82) is 0 Å². The number of pyridine rings is 1. The summed E-state index contributed by atoms with van der Waals surface area (Å²) in [5.41, 5.74) is 8.23. The third-order valence-electron chi connectivity index (χ3n) is 4.24. The number of halogens is 1. The highest BCUT2D eigenvalue weighted by Crippen LogP contribution is 2.43. The number of hydrogen-bond acceptors (Lipinski definition) is 3. The number of fused-ring (bicyclic) bond motifs is 5. The van der Waals surface area contributed by atoms with Gasteiger partial charge in [-0.05, 0) is 37.6 Å². The van der Waals surface area contributed by atoms with Gasteiger partial charge >= 0.3 is 0 Å². The molecule has 0 radical (unpaired) electrons. The minimum absolute atomic E-state index is 0.274. The number of allylic oxidation sites excluding steroid dienone is 4. The van der Waals surface area contributed by atoms with Gasteiger partial charge in [0.25, 0.3) is 5.91 Å². The van der Waals surface area contributed by atoms with Crippen molar-refractivity contribution in [3.63, 3.8) is 0 Å². The van der Waals surface area contributed by atoms with E-state index in [0.717, 1.165) is 0 Å². The molecule has 1 aliphatic carbocycles. The number of hydrogen-bond donors (Lipinski definition) is 2. The molecule has 6 heteroatoms. The molecule has 1 aliphatic heterocycles. The van der Waals surface area contributed by atoms with Crippen LogP contribution in [0, 0.1) is 0 Å². The number of nitrogens with zero attached hydrogens (tertiary/aromatic N) is 2. The number of nitrogens with two attached hydrogens (primary N) is 1. The molecule has 0 fully saturated rings. The van der Waals surface area contributed by atoms with E-state index in [9.17, 15) is 9.18 Å². The lowest BCUT2D eigenvalue weighted by Crippen LogP contribution is -2.43. The largest absolute Gasteiger partial charge is 0.399 e. The lowest BCUT2D eigenvalue weighted by Gasteiger charge is -2.36. The monoisotopic (exact) mass is 284 g/mol. The molecule has 0 spiro atoms. The Balaban J connectivity index is 2.05. The summed E-state index contributed by atoms with van der Waals surface area (Å²) in [5, 5.41) is 7.32. The van der Waals surface area contributed by atoms with Gasteiger partial charge in [0.2, 0.25) is 0 Å². The second-order valence-electron chi connectivity index (χ2n) is 5.65. The maximum Gasteiger partial charge on any atom is 0.259 e. The van der Waals surface area contributed by atoms with E-state index in [-0.39, 0.29) is 11.7 Å². The molecule has 2 aromatic heterocycles. The molecule has 0 saturated heterocycles. The molecule has 1 unspecified atom stereocenters. The van der Waals surface area contributed by atoms with E-state index in [1.807, 2.05) is 6.92 Å². The standard InChI is InChI=1S/C15H13FN4O/c1-15-4-2-8(16)6-11(15)18-14(21)12-10-7-9(17)3-5-20(10)19-13(12)15/h2-3,5-7H,4,17H2,1H3,(H,18,21). The van der Waals surface area contributed by atoms with Crippen molar-refractivity contribution in [2.24, 2.45) is 0 Å². The minimum Gasteiger partial charge on any atom is -0.399 e. The molecule has 2 aromatic rings. The second-order valence-corrected chi connectivity index (χ2v) is 5.65. The predicted molar refractivity (Wildman–Crippen MR) is 76.3 cm³/mol. The molecule has 1 amide bonds. The number of nitrogens with one attached hydrogen (secondary N) is 1. The van der Waals surface area contributed by atoms with Gasteiger partial charge in [0.1, 0.15) is 5.83 Å². The topological polar surface area (TPSA) is 72.4 Å². The van der Waals surface area contributed by atoms with Crippen LogP contribution in [0.25, 0.3) is 5.52 Å². The van der Waals surface area contributed by atoms with Crippen molar-refractivity contribution in [2.45, 2.75) is 18.8 Å². The molecule has 5 nitrogen and oxygen atoms in total. The van der Waals surface area contributed by atoms with Gasteiger partial charge in [-0.1, -0.05) is 0 Å². The van der Waals surface area contributed by atoms with Gasteiger partial charge in [-0.3, -0.25) is 4.79 Å². The Labute approximate surface area is 119 Å². The van der Waals surface area contributed by atoms with Crippen molar-refractivity contribution in [2.75, 3.05) is 5.73 Å². The highest BCUT2D eigenvalue weighted by molar-refractivity contribution is 6.05. The van der Waals surface area contributed by atoms with Crippen LogP contribution in [0.15, 0.2) is 42.0 Å². The fraction of sp³-hybridized carbons (Fsp3) is 0.200. The van der Waals surface area contributed by atoms with Crippen molar-refractivity contribution in [3.8, 4) is 0 Å². The molecule has 3 N–H and O–H groups in total. The maximum atomic E-state index is 13.5. The zero-order valence-corrected chi connectivity index (χ0v) is 11.4. The molecule has 4 rings (SSSR count). The van der Waals surface area contributed by atoms with Gasteiger partial charge in [0.05, 0.1) is 22.2 Å². The zero-order chi connectivity index (χ0) is 14.8. The van der Waals surface area contributed by atoms with Gasteiger partial charge < -0.3 is 11.1 Å². The first-order valence-corrected chi connectivity index (χ1v) is 6.66. The molecule has 0 aromatic carbocycles. The number of carbonyl (C=O) groups excluding carboxylic acids is 1. The maximum absolute atomic E-state index is 13.5. The Morgan fingerprint density at radius 3 is 3.14 bits per heavy atom. The molecule has 3 heterocycles. The van der Waals surface area contributed by atoms with Gasteiger partial charge in [0, 0.05) is 17.6 Å². The van der Waals surface area contributed by atoms with Gasteiger partial charge in [-0.2, -0.15) is 5.10 Å². The third kappa shape index (κ3) is 1.50. The molecule has 1 atom stereocenters. The summed E-state index contributed by atoms with van der Waals surface area (Å²) in [6, 6.07) is 3.45. The summed E-state index contributed by atoms with van der Waals surface area (Å²) < 4.78 is 15.1. The Hall–Kier alpha value is -2.63. The van der Waals surface area contributed by atoms with E-state index in [2.05, 4.69) is 10.4 Å². The van der Waals surface area contributed by atoms with Crippen LogP contribution < -0.4 is 11.1 Å². The lowest BCUT2D eigenvalue weighted by atomic mass is 9.73. The highest BCUT2D eigenvalue weighted by atomic mass is 19.1. The van der Waals surface area contributed by atoms with E-state index in [4.69, 9.17) is 5.73 Å². The summed E-state index contributed by atoms with van der Waals surface area (Å²) in [6.07, 6.45) is 5.06. The average Bonchev–Trinajstić information content (AvgIpc) is 2.82. The number of aromatic nitrogens is 2. The van der Waals surface area contributed by atoms with E-state index in [1.165, 1.54) is 12.2 Å². The SMILES string of the molecule is CC12CC=C(F)C=C1NC(=O)c1c2nn2ccc(N)cc12. The van der Waals surface area contributed by atoms with E-state index in [1.54, 1.807) is 22.8 Å². The van der Waals surface area contributed by atoms with Crippen LogP contribution in [0.5, 0.6) is 0 Å². The average molecular weight is 284 g/mol. The Morgan fingerprint density at radius 1 is 1.52 bits per heavy atom. The summed E-state index contributed by atoms with van der Waals surface area (Å²) in [5.74, 6) is -0.608. The summed E-state index contributed by atoms with van der Waals surface area (Å²) in [7, 11) is 0. The van der Waals surface area contributed by atoms with Gasteiger partial charge in [-0.15, -0.1) is 0 Å². The lowest BCUT2D eigenvalue weighted by molar-refractivity contribution is 0.0948. The van der Waals surface area contributed by atoms with Crippen LogP contribution in [0.4, 0.5) is 10.1 Å². The number of anilines is 1. The molecule has 106 valence electrons. The van der Waals surface area contributed by atoms with Crippen molar-refractivity contribution < 1.29 is 9.18 Å². The van der Waals surface area contributed by atoms with Crippen molar-refractivity contribution in [1.82, 2.24) is 14.9 Å². The summed E-state index contributed by atoms with van der Waals surface area (Å²) in [4.78, 5) is 12.4. The van der Waals surface area contributed by atoms with Crippen LogP contribution in [0.3, 0.4) is 0 Å². The number of rotatable bonds is 0. The molecular formula is C15H13FN4O. The third-order valence-corrected chi connectivity index (χ3v) is 4.24. The van der Waals surface area contributed by atoms with Gasteiger partial charge in [-0.25, -0.2) is 8.91 Å². The Morgan fingerprint density at radius 2 is 2.33 bits per heavy atom. The predicted octanol–water partition coefficient (Wildman–Crippen LogP) is 2.06. The molecule has 2 aliphatic rings. The quantitative estimate of drug-likeness (QED) is 0.777. The zero-order valence-electron chi connectivity index (χ0n) is 11.4. The molecule has 0 saturated carbocycles. The van der Waals surface area contributed by atoms with E-state index >= 15 is 0 Å². The van der Waals surface area contributed by atoms with Crippen LogP contribution in [-0.2, 0) is 5.41 Å². The summed E-state index contributed by atoms with van der Waals surface area (Å²) in [6.45, 7) is 1.95. The van der Waals surface area contributed by atoms with Crippen molar-refractivity contribution in [3.05, 3.63) is 53.3 Å².